The number of hydrogen-bond acceptors (Lipinski definition) is 10. The van der Waals surface area contributed by atoms with E-state index in [4.69, 9.17) is 18.9 Å². The van der Waals surface area contributed by atoms with Crippen molar-refractivity contribution >= 4 is 37.1 Å². The molecule has 1 aromatic carbocycles. The van der Waals surface area contributed by atoms with Crippen LogP contribution in [0.4, 0.5) is 0 Å². The Balaban J connectivity index is 0. The van der Waals surface area contributed by atoms with Crippen LogP contribution >= 0.6 is 11.8 Å². The minimum atomic E-state index is -1.45. The predicted molar refractivity (Wildman–Crippen MR) is 84.7 cm³/mol. The van der Waals surface area contributed by atoms with Gasteiger partial charge in [0, 0.05) is 129 Å². The van der Waals surface area contributed by atoms with E-state index >= 15 is 0 Å². The molecule has 3 radical (unpaired) electrons. The number of hydrogen-bond donors (Lipinski definition) is 0. The number of esters is 1. The number of ether oxygens (including phenoxy) is 5. The molecule has 1 aliphatic rings. The summed E-state index contributed by atoms with van der Waals surface area (Å²) in [6.07, 6.45) is -5.51. The first kappa shape index (κ1) is 32.7. The summed E-state index contributed by atoms with van der Waals surface area (Å²) in [6.45, 7) is 3.58. The SMILES string of the molecule is COC(=O)[C@H]1OC(Sc2ccccc2)[C@H](O[C-]=O)[C@@H](O[C-]=O)[C@@H]1O[C-]=O.[Pr].[Pr].[Pr]. The summed E-state index contributed by atoms with van der Waals surface area (Å²) >= 11 is 1.10. The van der Waals surface area contributed by atoms with Crippen molar-refractivity contribution in [3.05, 3.63) is 30.3 Å². The van der Waals surface area contributed by atoms with E-state index in [-0.39, 0.29) is 124 Å². The van der Waals surface area contributed by atoms with Crippen molar-refractivity contribution in [2.45, 2.75) is 34.7 Å². The van der Waals surface area contributed by atoms with Gasteiger partial charge in [-0.15, -0.1) is 0 Å². The van der Waals surface area contributed by atoms with Gasteiger partial charge < -0.3 is 38.1 Å². The summed E-state index contributed by atoms with van der Waals surface area (Å²) in [5.74, 6) is -0.878. The normalized spacial score (nSPS) is 24.8. The van der Waals surface area contributed by atoms with Gasteiger partial charge >= 0.3 is 5.97 Å². The molecule has 0 amide bonds. The van der Waals surface area contributed by atoms with Crippen LogP contribution in [0.1, 0.15) is 0 Å². The quantitative estimate of drug-likeness (QED) is 0.193. The van der Waals surface area contributed by atoms with Crippen LogP contribution in [0.5, 0.6) is 0 Å². The average molecular weight is 804 g/mol. The van der Waals surface area contributed by atoms with Crippen LogP contribution in [0.3, 0.4) is 0 Å². The summed E-state index contributed by atoms with van der Waals surface area (Å²) in [5, 5.41) is 0. The Bertz CT molecular complexity index is 637. The van der Waals surface area contributed by atoms with Gasteiger partial charge in [0.2, 0.25) is 0 Å². The molecule has 0 N–H and O–H groups in total. The summed E-state index contributed by atoms with van der Waals surface area (Å²) in [6, 6.07) is 8.85. The Kier molecular flexibility index (Phi) is 20.3. The van der Waals surface area contributed by atoms with Crippen molar-refractivity contribution in [2.75, 3.05) is 7.11 Å². The molecule has 0 aromatic heterocycles. The monoisotopic (exact) mass is 804 g/mol. The molecule has 1 aromatic rings. The Morgan fingerprint density at radius 2 is 1.41 bits per heavy atom. The van der Waals surface area contributed by atoms with E-state index in [2.05, 4.69) is 4.74 Å². The van der Waals surface area contributed by atoms with Crippen LogP contribution < -0.4 is 0 Å². The van der Waals surface area contributed by atoms with Gasteiger partial charge in [-0.1, -0.05) is 49.4 Å². The first-order chi connectivity index (χ1) is 12.7. The minimum absolute atomic E-state index is 0. The molecule has 0 spiro atoms. The van der Waals surface area contributed by atoms with Gasteiger partial charge in [-0.25, -0.2) is 4.79 Å². The third-order valence-corrected chi connectivity index (χ3v) is 4.63. The molecule has 9 nitrogen and oxygen atoms in total. The molecule has 0 saturated carbocycles. The number of rotatable bonds is 9. The van der Waals surface area contributed by atoms with E-state index < -0.39 is 35.8 Å². The Morgan fingerprint density at radius 1 is 0.897 bits per heavy atom. The summed E-state index contributed by atoms with van der Waals surface area (Å²) in [5.41, 5.74) is -0.993. The summed E-state index contributed by atoms with van der Waals surface area (Å²) in [4.78, 5) is 45.0. The van der Waals surface area contributed by atoms with Gasteiger partial charge in [-0.05, 0) is 12.1 Å². The van der Waals surface area contributed by atoms with Crippen molar-refractivity contribution in [2.24, 2.45) is 0 Å². The maximum Gasteiger partial charge on any atom is 0.338 e. The first-order valence-electron chi connectivity index (χ1n) is 7.19. The van der Waals surface area contributed by atoms with Crippen molar-refractivity contribution in [1.29, 1.82) is 0 Å². The molecular weight excluding hydrogens is 791 g/mol. The second-order valence-corrected chi connectivity index (χ2v) is 6.05. The summed E-state index contributed by atoms with van der Waals surface area (Å²) < 4.78 is 24.6. The minimum Gasteiger partial charge on any atom is -0.646 e. The molecular formula is C16H13O9Pr3S-3. The molecule has 0 bridgehead atoms. The maximum atomic E-state index is 12.0. The zero-order valence-electron chi connectivity index (χ0n) is 15.1. The Hall–Kier alpha value is 1.50. The van der Waals surface area contributed by atoms with Crippen molar-refractivity contribution in [3.63, 3.8) is 0 Å². The fraction of sp³-hybridized carbons (Fsp3) is 0.375. The number of carbonyl (C=O) groups excluding carboxylic acids is 4. The van der Waals surface area contributed by atoms with Gasteiger partial charge in [-0.3, -0.25) is 0 Å². The molecule has 1 fully saturated rings. The number of carbonyl (C=O) groups is 1. The average Bonchev–Trinajstić information content (AvgIpc) is 2.66. The number of thioether (sulfide) groups is 1. The fourth-order valence-corrected chi connectivity index (χ4v) is 3.50. The van der Waals surface area contributed by atoms with E-state index in [9.17, 15) is 19.2 Å². The van der Waals surface area contributed by atoms with Crippen molar-refractivity contribution in [3.8, 4) is 0 Å². The van der Waals surface area contributed by atoms with Crippen LogP contribution in [0.15, 0.2) is 35.2 Å². The standard InChI is InChI=1S/C16H13O9S.3Pr/c1-21-15(20)13-11(22-7-17)12(23-8-18)14(24-9-19)16(25-13)26-10-5-3-2-4-6-10;;;/h2-6,11-14,16H,1H3;;;/q-3;;;/t11-,12-,13-,14+,16?;;;/m0.../s1. The molecule has 0 aliphatic carbocycles. The van der Waals surface area contributed by atoms with Gasteiger partial charge in [0.05, 0.1) is 7.11 Å². The molecule has 29 heavy (non-hydrogen) atoms. The van der Waals surface area contributed by atoms with E-state index in [0.29, 0.717) is 0 Å². The maximum absolute atomic E-state index is 12.0. The smallest absolute Gasteiger partial charge is 0.338 e. The van der Waals surface area contributed by atoms with Gasteiger partial charge in [0.1, 0.15) is 23.7 Å². The zero-order chi connectivity index (χ0) is 18.9. The fourth-order valence-electron chi connectivity index (χ4n) is 2.40. The van der Waals surface area contributed by atoms with Crippen LogP contribution in [-0.4, -0.2) is 62.3 Å². The van der Waals surface area contributed by atoms with E-state index in [1.54, 1.807) is 30.3 Å². The molecule has 149 valence electrons. The first-order valence-corrected chi connectivity index (χ1v) is 8.07. The van der Waals surface area contributed by atoms with Gasteiger partial charge in [-0.2, -0.15) is 0 Å². The largest absolute Gasteiger partial charge is 0.646 e. The molecule has 1 saturated heterocycles. The zero-order valence-corrected chi connectivity index (χ0v) is 27.0. The van der Waals surface area contributed by atoms with Crippen LogP contribution in [-0.2, 0) is 42.9 Å². The van der Waals surface area contributed by atoms with Crippen LogP contribution in [0.25, 0.3) is 0 Å². The van der Waals surface area contributed by atoms with E-state index in [1.165, 1.54) is 12.9 Å². The topological polar surface area (TPSA) is 114 Å². The third kappa shape index (κ3) is 9.48. The Labute approximate surface area is 271 Å². The van der Waals surface area contributed by atoms with E-state index in [1.807, 2.05) is 0 Å². The molecule has 2 rings (SSSR count). The summed E-state index contributed by atoms with van der Waals surface area (Å²) in [7, 11) is 1.11. The molecule has 1 heterocycles. The predicted octanol–water partition coefficient (Wildman–Crippen LogP) is 0.0338. The molecule has 5 atom stereocenters. The van der Waals surface area contributed by atoms with E-state index in [0.717, 1.165) is 30.2 Å². The second kappa shape index (κ2) is 18.0. The van der Waals surface area contributed by atoms with Gasteiger partial charge in [0.15, 0.2) is 6.10 Å². The molecule has 13 heteroatoms. The number of methoxy groups -OCH3 is 1. The second-order valence-electron chi connectivity index (χ2n) is 4.88. The van der Waals surface area contributed by atoms with Crippen LogP contribution in [0.2, 0.25) is 0 Å². The Morgan fingerprint density at radius 3 is 1.93 bits per heavy atom. The number of benzene rings is 1. The third-order valence-electron chi connectivity index (χ3n) is 3.48. The molecule has 1 unspecified atom stereocenters. The van der Waals surface area contributed by atoms with Gasteiger partial charge in [0.25, 0.3) is 0 Å². The van der Waals surface area contributed by atoms with Crippen molar-refractivity contribution < 1.29 is 167 Å². The molecule has 1 aliphatic heterocycles. The van der Waals surface area contributed by atoms with Crippen molar-refractivity contribution in [1.82, 2.24) is 0 Å². The van der Waals surface area contributed by atoms with Crippen LogP contribution in [0, 0.1) is 124 Å².